The van der Waals surface area contributed by atoms with E-state index in [2.05, 4.69) is 13.8 Å². The number of rotatable bonds is 6. The van der Waals surface area contributed by atoms with E-state index >= 15 is 0 Å². The fraction of sp³-hybridized carbons (Fsp3) is 0.647. The molecule has 0 aromatic heterocycles. The van der Waals surface area contributed by atoms with E-state index < -0.39 is 24.4 Å². The summed E-state index contributed by atoms with van der Waals surface area (Å²) < 4.78 is 11.4. The number of aliphatic hydroxyl groups is 3. The molecule has 1 aromatic rings. The van der Waals surface area contributed by atoms with Crippen molar-refractivity contribution in [2.24, 2.45) is 5.92 Å². The van der Waals surface area contributed by atoms with E-state index in [4.69, 9.17) is 9.47 Å². The Morgan fingerprint density at radius 2 is 2.14 bits per heavy atom. The van der Waals surface area contributed by atoms with Gasteiger partial charge >= 0.3 is 0 Å². The van der Waals surface area contributed by atoms with Gasteiger partial charge in [-0.2, -0.15) is 0 Å². The zero-order valence-corrected chi connectivity index (χ0v) is 13.2. The van der Waals surface area contributed by atoms with E-state index in [9.17, 15) is 15.3 Å². The van der Waals surface area contributed by atoms with Crippen molar-refractivity contribution in [1.82, 2.24) is 0 Å². The van der Waals surface area contributed by atoms with Crippen LogP contribution in [-0.2, 0) is 4.74 Å². The van der Waals surface area contributed by atoms with Crippen molar-refractivity contribution in [2.75, 3.05) is 13.2 Å². The zero-order chi connectivity index (χ0) is 16.1. The molecule has 1 heterocycles. The van der Waals surface area contributed by atoms with E-state index in [1.54, 1.807) is 0 Å². The molecule has 2 rings (SSSR count). The molecule has 1 fully saturated rings. The van der Waals surface area contributed by atoms with Crippen LogP contribution >= 0.6 is 0 Å². The molecule has 0 spiro atoms. The van der Waals surface area contributed by atoms with Crippen LogP contribution in [0.1, 0.15) is 38.4 Å². The lowest BCUT2D eigenvalue weighted by Crippen LogP contribution is -2.44. The van der Waals surface area contributed by atoms with E-state index in [0.717, 1.165) is 12.0 Å². The first-order valence-electron chi connectivity index (χ1n) is 7.90. The predicted molar refractivity (Wildman–Crippen MR) is 82.7 cm³/mol. The van der Waals surface area contributed by atoms with Gasteiger partial charge in [0, 0.05) is 6.42 Å². The average molecular weight is 310 g/mol. The van der Waals surface area contributed by atoms with Gasteiger partial charge in [-0.05, 0) is 23.6 Å². The van der Waals surface area contributed by atoms with Gasteiger partial charge in [0.1, 0.15) is 18.0 Å². The Balaban J connectivity index is 2.10. The number of aliphatic hydroxyl groups excluding tert-OH is 3. The lowest BCUT2D eigenvalue weighted by Gasteiger charge is -2.36. The SMILES string of the molecule is CCC(C)COc1cccc(C2OC(CO)CC(O)C2O)c1. The summed E-state index contributed by atoms with van der Waals surface area (Å²) in [6.07, 6.45) is -1.75. The highest BCUT2D eigenvalue weighted by Gasteiger charge is 2.37. The number of hydrogen-bond acceptors (Lipinski definition) is 5. The minimum Gasteiger partial charge on any atom is -0.493 e. The quantitative estimate of drug-likeness (QED) is 0.744. The van der Waals surface area contributed by atoms with Crippen molar-refractivity contribution in [3.8, 4) is 5.75 Å². The summed E-state index contributed by atoms with van der Waals surface area (Å²) in [5.74, 6) is 1.19. The maximum atomic E-state index is 10.2. The molecule has 1 aromatic carbocycles. The molecule has 0 radical (unpaired) electrons. The molecule has 3 N–H and O–H groups in total. The third-order valence-corrected chi connectivity index (χ3v) is 4.17. The predicted octanol–water partition coefficient (Wildman–Crippen LogP) is 1.66. The molecular formula is C17H26O5. The lowest BCUT2D eigenvalue weighted by atomic mass is 9.93. The van der Waals surface area contributed by atoms with Crippen LogP contribution in [0.5, 0.6) is 5.75 Å². The second-order valence-electron chi connectivity index (χ2n) is 6.05. The third kappa shape index (κ3) is 4.20. The number of benzene rings is 1. The van der Waals surface area contributed by atoms with Gasteiger partial charge in [0.15, 0.2) is 0 Å². The Bertz CT molecular complexity index is 464. The Morgan fingerprint density at radius 1 is 1.36 bits per heavy atom. The van der Waals surface area contributed by atoms with Crippen LogP contribution in [0.4, 0.5) is 0 Å². The fourth-order valence-corrected chi connectivity index (χ4v) is 2.48. The molecule has 22 heavy (non-hydrogen) atoms. The molecule has 0 saturated carbocycles. The summed E-state index contributed by atoms with van der Waals surface area (Å²) in [6.45, 7) is 4.70. The monoisotopic (exact) mass is 310 g/mol. The van der Waals surface area contributed by atoms with Crippen LogP contribution in [0.25, 0.3) is 0 Å². The van der Waals surface area contributed by atoms with Crippen LogP contribution in [0.3, 0.4) is 0 Å². The van der Waals surface area contributed by atoms with Gasteiger partial charge in [-0.3, -0.25) is 0 Å². The summed E-state index contributed by atoms with van der Waals surface area (Å²) in [5, 5.41) is 29.3. The van der Waals surface area contributed by atoms with Crippen LogP contribution in [-0.4, -0.2) is 46.8 Å². The van der Waals surface area contributed by atoms with Gasteiger partial charge < -0.3 is 24.8 Å². The molecule has 5 heteroatoms. The third-order valence-electron chi connectivity index (χ3n) is 4.17. The Hall–Kier alpha value is -1.14. The first-order valence-corrected chi connectivity index (χ1v) is 7.90. The first kappa shape index (κ1) is 17.2. The molecule has 0 aliphatic carbocycles. The molecule has 124 valence electrons. The molecular weight excluding hydrogens is 284 g/mol. The maximum Gasteiger partial charge on any atom is 0.119 e. The normalized spacial score (nSPS) is 30.0. The average Bonchev–Trinajstić information content (AvgIpc) is 2.55. The smallest absolute Gasteiger partial charge is 0.119 e. The van der Waals surface area contributed by atoms with Gasteiger partial charge in [0.25, 0.3) is 0 Å². The van der Waals surface area contributed by atoms with E-state index in [1.807, 2.05) is 24.3 Å². The van der Waals surface area contributed by atoms with E-state index in [1.165, 1.54) is 0 Å². The van der Waals surface area contributed by atoms with Gasteiger partial charge in [-0.15, -0.1) is 0 Å². The zero-order valence-electron chi connectivity index (χ0n) is 13.2. The molecule has 1 aliphatic heterocycles. The molecule has 5 unspecified atom stereocenters. The fourth-order valence-electron chi connectivity index (χ4n) is 2.48. The minimum atomic E-state index is -1.01. The summed E-state index contributed by atoms with van der Waals surface area (Å²) in [6, 6.07) is 7.35. The second kappa shape index (κ2) is 7.92. The van der Waals surface area contributed by atoms with Crippen molar-refractivity contribution in [3.05, 3.63) is 29.8 Å². The Labute approximate surface area is 131 Å². The highest BCUT2D eigenvalue weighted by atomic mass is 16.5. The molecule has 0 bridgehead atoms. The Kier molecular flexibility index (Phi) is 6.20. The van der Waals surface area contributed by atoms with Crippen LogP contribution < -0.4 is 4.74 Å². The highest BCUT2D eigenvalue weighted by Crippen LogP contribution is 2.33. The summed E-state index contributed by atoms with van der Waals surface area (Å²) >= 11 is 0. The van der Waals surface area contributed by atoms with Crippen molar-refractivity contribution < 1.29 is 24.8 Å². The molecule has 1 aliphatic rings. The van der Waals surface area contributed by atoms with E-state index in [-0.39, 0.29) is 13.0 Å². The van der Waals surface area contributed by atoms with Gasteiger partial charge in [-0.25, -0.2) is 0 Å². The van der Waals surface area contributed by atoms with Crippen molar-refractivity contribution in [2.45, 2.75) is 51.1 Å². The number of ether oxygens (including phenoxy) is 2. The van der Waals surface area contributed by atoms with Crippen molar-refractivity contribution in [1.29, 1.82) is 0 Å². The van der Waals surface area contributed by atoms with Gasteiger partial charge in [0.2, 0.25) is 0 Å². The highest BCUT2D eigenvalue weighted by molar-refractivity contribution is 5.31. The van der Waals surface area contributed by atoms with Gasteiger partial charge in [-0.1, -0.05) is 32.4 Å². The minimum absolute atomic E-state index is 0.176. The topological polar surface area (TPSA) is 79.2 Å². The largest absolute Gasteiger partial charge is 0.493 e. The standard InChI is InChI=1S/C17H26O5/c1-3-11(2)10-21-13-6-4-5-12(7-13)17-16(20)15(19)8-14(9-18)22-17/h4-7,11,14-20H,3,8-10H2,1-2H3. The molecule has 5 atom stereocenters. The van der Waals surface area contributed by atoms with E-state index in [0.29, 0.717) is 18.3 Å². The summed E-state index contributed by atoms with van der Waals surface area (Å²) in [7, 11) is 0. The first-order chi connectivity index (χ1) is 10.5. The van der Waals surface area contributed by atoms with Gasteiger partial charge in [0.05, 0.1) is 25.4 Å². The maximum absolute atomic E-state index is 10.2. The second-order valence-corrected chi connectivity index (χ2v) is 6.05. The van der Waals surface area contributed by atoms with Crippen LogP contribution in [0.15, 0.2) is 24.3 Å². The summed E-state index contributed by atoms with van der Waals surface area (Å²) in [4.78, 5) is 0. The van der Waals surface area contributed by atoms with Crippen LogP contribution in [0, 0.1) is 5.92 Å². The number of hydrogen-bond donors (Lipinski definition) is 3. The lowest BCUT2D eigenvalue weighted by molar-refractivity contribution is -0.179. The Morgan fingerprint density at radius 3 is 2.82 bits per heavy atom. The van der Waals surface area contributed by atoms with Crippen LogP contribution in [0.2, 0.25) is 0 Å². The molecule has 1 saturated heterocycles. The van der Waals surface area contributed by atoms with Crippen molar-refractivity contribution in [3.63, 3.8) is 0 Å². The summed E-state index contributed by atoms with van der Waals surface area (Å²) in [5.41, 5.74) is 0.742. The van der Waals surface area contributed by atoms with Crippen molar-refractivity contribution >= 4 is 0 Å². The molecule has 5 nitrogen and oxygen atoms in total. The molecule has 0 amide bonds.